The van der Waals surface area contributed by atoms with Crippen LogP contribution in [-0.4, -0.2) is 19.6 Å². The van der Waals surface area contributed by atoms with Crippen molar-refractivity contribution in [2.24, 2.45) is 0 Å². The Labute approximate surface area is 104 Å². The smallest absolute Gasteiger partial charge is 0.200 e. The van der Waals surface area contributed by atoms with E-state index in [0.29, 0.717) is 6.42 Å². The molecule has 16 heavy (non-hydrogen) atoms. The molecule has 5 heteroatoms. The molecule has 0 saturated heterocycles. The highest BCUT2D eigenvalue weighted by Gasteiger charge is 2.14. The molecule has 88 valence electrons. The zero-order valence-corrected chi connectivity index (χ0v) is 11.2. The predicted octanol–water partition coefficient (Wildman–Crippen LogP) is 2.47. The summed E-state index contributed by atoms with van der Waals surface area (Å²) < 4.78 is 24.0. The molecule has 0 aliphatic rings. The van der Waals surface area contributed by atoms with Crippen molar-refractivity contribution < 1.29 is 13.5 Å². The fourth-order valence-electron chi connectivity index (χ4n) is 1.10. The third-order valence-corrected chi connectivity index (χ3v) is 4.60. The van der Waals surface area contributed by atoms with Gasteiger partial charge in [-0.05, 0) is 18.6 Å². The number of halogens is 1. The lowest BCUT2D eigenvalue weighted by Crippen LogP contribution is -2.06. The van der Waals surface area contributed by atoms with Gasteiger partial charge in [-0.3, -0.25) is 0 Å². The van der Waals surface area contributed by atoms with E-state index in [1.165, 1.54) is 12.1 Å². The zero-order chi connectivity index (χ0) is 12.2. The van der Waals surface area contributed by atoms with E-state index in [9.17, 15) is 13.5 Å². The third-order valence-electron chi connectivity index (χ3n) is 2.04. The van der Waals surface area contributed by atoms with Crippen molar-refractivity contribution in [2.45, 2.75) is 24.3 Å². The molecule has 1 rings (SSSR count). The minimum absolute atomic E-state index is 0.218. The summed E-state index contributed by atoms with van der Waals surface area (Å²) in [6.45, 7) is 1.77. The molecule has 1 aromatic carbocycles. The molecule has 1 aromatic rings. The predicted molar refractivity (Wildman–Crippen MR) is 66.9 cm³/mol. The second kappa shape index (κ2) is 5.61. The van der Waals surface area contributed by atoms with Crippen LogP contribution in [0.2, 0.25) is 0 Å². The number of aliphatic hydroxyl groups excluding tert-OH is 1. The number of aliphatic hydroxyl groups is 1. The lowest BCUT2D eigenvalue weighted by molar-refractivity contribution is 0.216. The molecule has 1 N–H and O–H groups in total. The molecule has 0 aliphatic carbocycles. The normalized spacial score (nSPS) is 14.8. The van der Waals surface area contributed by atoms with Gasteiger partial charge in [-0.1, -0.05) is 41.1 Å². The maximum atomic E-state index is 11.8. The van der Waals surface area contributed by atoms with Crippen LogP contribution in [0, 0.1) is 0 Å². The summed E-state index contributed by atoms with van der Waals surface area (Å²) in [5.74, 6) is 0. The molecule has 1 unspecified atom stereocenters. The van der Waals surface area contributed by atoms with Crippen LogP contribution in [0.15, 0.2) is 45.1 Å². The van der Waals surface area contributed by atoms with Crippen molar-refractivity contribution >= 4 is 25.8 Å². The number of benzene rings is 1. The first-order valence-electron chi connectivity index (χ1n) is 4.82. The Bertz CT molecular complexity index is 465. The highest BCUT2D eigenvalue weighted by Crippen LogP contribution is 2.19. The highest BCUT2D eigenvalue weighted by molar-refractivity contribution is 9.11. The summed E-state index contributed by atoms with van der Waals surface area (Å²) in [7, 11) is -3.48. The second-order valence-electron chi connectivity index (χ2n) is 3.28. The van der Waals surface area contributed by atoms with Gasteiger partial charge in [0.1, 0.15) is 0 Å². The monoisotopic (exact) mass is 304 g/mol. The van der Waals surface area contributed by atoms with E-state index < -0.39 is 15.9 Å². The Morgan fingerprint density at radius 1 is 1.44 bits per heavy atom. The standard InChI is InChI=1S/C11H13BrO3S/c1-2-11(13)10(12)8-16(14,15)9-6-4-3-5-7-9/h3-8,11,13H,2H2,1H3/b10-8+. The maximum absolute atomic E-state index is 11.8. The molecule has 0 spiro atoms. The molecule has 0 aromatic heterocycles. The fraction of sp³-hybridized carbons (Fsp3) is 0.273. The Kier molecular flexibility index (Phi) is 4.70. The van der Waals surface area contributed by atoms with E-state index in [1.807, 2.05) is 0 Å². The number of hydrogen-bond acceptors (Lipinski definition) is 3. The van der Waals surface area contributed by atoms with Crippen molar-refractivity contribution in [3.05, 3.63) is 40.2 Å². The second-order valence-corrected chi connectivity index (χ2v) is 6.00. The Balaban J connectivity index is 3.06. The van der Waals surface area contributed by atoms with Gasteiger partial charge in [-0.2, -0.15) is 0 Å². The SMILES string of the molecule is CCC(O)/C(Br)=C\S(=O)(=O)c1ccccc1. The molecule has 0 bridgehead atoms. The van der Waals surface area contributed by atoms with E-state index in [4.69, 9.17) is 0 Å². The van der Waals surface area contributed by atoms with Crippen LogP contribution in [0.25, 0.3) is 0 Å². The van der Waals surface area contributed by atoms with Crippen LogP contribution >= 0.6 is 15.9 Å². The summed E-state index contributed by atoms with van der Waals surface area (Å²) >= 11 is 3.07. The molecule has 3 nitrogen and oxygen atoms in total. The maximum Gasteiger partial charge on any atom is 0.200 e. The molecule has 0 saturated carbocycles. The van der Waals surface area contributed by atoms with Crippen molar-refractivity contribution in [3.8, 4) is 0 Å². The molecule has 1 atom stereocenters. The highest BCUT2D eigenvalue weighted by atomic mass is 79.9. The quantitative estimate of drug-likeness (QED) is 0.929. The Morgan fingerprint density at radius 2 is 2.00 bits per heavy atom. The molecule has 0 heterocycles. The third kappa shape index (κ3) is 3.43. The Hall–Kier alpha value is -0.650. The summed E-state index contributed by atoms with van der Waals surface area (Å²) in [5, 5.41) is 10.5. The van der Waals surface area contributed by atoms with Crippen LogP contribution in [0.4, 0.5) is 0 Å². The molecular weight excluding hydrogens is 292 g/mol. The molecule has 0 radical (unpaired) electrons. The van der Waals surface area contributed by atoms with Gasteiger partial charge < -0.3 is 5.11 Å². The van der Waals surface area contributed by atoms with Crippen LogP contribution in [0.1, 0.15) is 13.3 Å². The van der Waals surface area contributed by atoms with Crippen LogP contribution < -0.4 is 0 Å². The van der Waals surface area contributed by atoms with Gasteiger partial charge in [0.05, 0.1) is 11.0 Å². The van der Waals surface area contributed by atoms with Crippen molar-refractivity contribution in [1.29, 1.82) is 0 Å². The van der Waals surface area contributed by atoms with Gasteiger partial charge in [0, 0.05) is 9.89 Å². The lowest BCUT2D eigenvalue weighted by Gasteiger charge is -2.06. The average Bonchev–Trinajstić information content (AvgIpc) is 2.28. The van der Waals surface area contributed by atoms with Crippen molar-refractivity contribution in [1.82, 2.24) is 0 Å². The van der Waals surface area contributed by atoms with E-state index in [0.717, 1.165) is 5.41 Å². The minimum Gasteiger partial charge on any atom is -0.388 e. The van der Waals surface area contributed by atoms with Gasteiger partial charge >= 0.3 is 0 Å². The zero-order valence-electron chi connectivity index (χ0n) is 8.80. The first kappa shape index (κ1) is 13.4. The van der Waals surface area contributed by atoms with E-state index >= 15 is 0 Å². The van der Waals surface area contributed by atoms with Gasteiger partial charge in [-0.15, -0.1) is 0 Å². The minimum atomic E-state index is -3.48. The van der Waals surface area contributed by atoms with Crippen molar-refractivity contribution in [3.63, 3.8) is 0 Å². The van der Waals surface area contributed by atoms with Crippen LogP contribution in [-0.2, 0) is 9.84 Å². The van der Waals surface area contributed by atoms with E-state index in [2.05, 4.69) is 15.9 Å². The number of sulfone groups is 1. The number of rotatable bonds is 4. The molecule has 0 fully saturated rings. The summed E-state index contributed by atoms with van der Waals surface area (Å²) in [5.41, 5.74) is 0. The molecule has 0 amide bonds. The van der Waals surface area contributed by atoms with Crippen LogP contribution in [0.3, 0.4) is 0 Å². The topological polar surface area (TPSA) is 54.4 Å². The average molecular weight is 305 g/mol. The van der Waals surface area contributed by atoms with E-state index in [-0.39, 0.29) is 9.38 Å². The summed E-state index contributed by atoms with van der Waals surface area (Å²) in [4.78, 5) is 0.218. The van der Waals surface area contributed by atoms with Gasteiger partial charge in [0.25, 0.3) is 0 Å². The van der Waals surface area contributed by atoms with Gasteiger partial charge in [-0.25, -0.2) is 8.42 Å². The van der Waals surface area contributed by atoms with Gasteiger partial charge in [0.15, 0.2) is 0 Å². The van der Waals surface area contributed by atoms with Gasteiger partial charge in [0.2, 0.25) is 9.84 Å². The first-order chi connectivity index (χ1) is 7.47. The van der Waals surface area contributed by atoms with E-state index in [1.54, 1.807) is 25.1 Å². The molecule has 0 aliphatic heterocycles. The first-order valence-corrected chi connectivity index (χ1v) is 7.16. The van der Waals surface area contributed by atoms with Crippen molar-refractivity contribution in [2.75, 3.05) is 0 Å². The molecular formula is C11H13BrO3S. The fourth-order valence-corrected chi connectivity index (χ4v) is 3.29. The van der Waals surface area contributed by atoms with Crippen LogP contribution in [0.5, 0.6) is 0 Å². The lowest BCUT2D eigenvalue weighted by atomic mass is 10.3. The Morgan fingerprint density at radius 3 is 2.50 bits per heavy atom. The number of hydrogen-bond donors (Lipinski definition) is 1. The summed E-state index contributed by atoms with van der Waals surface area (Å²) in [6.07, 6.45) is -0.319. The largest absolute Gasteiger partial charge is 0.388 e. The summed E-state index contributed by atoms with van der Waals surface area (Å²) in [6, 6.07) is 8.10.